The van der Waals surface area contributed by atoms with Gasteiger partial charge in [-0.15, -0.1) is 0 Å². The summed E-state index contributed by atoms with van der Waals surface area (Å²) >= 11 is 0. The van der Waals surface area contributed by atoms with E-state index in [1.165, 1.54) is 4.90 Å². The molecule has 521 valence electrons. The molecule has 92 heavy (non-hydrogen) atoms. The Hall–Kier alpha value is -7.35. The van der Waals surface area contributed by atoms with E-state index in [1.807, 2.05) is 36.2 Å². The topological polar surface area (TPSA) is 461 Å². The van der Waals surface area contributed by atoms with Gasteiger partial charge in [-0.2, -0.15) is 34.1 Å². The van der Waals surface area contributed by atoms with E-state index in [1.54, 1.807) is 16.8 Å². The molecule has 1 radical (unpaired) electrons. The monoisotopic (exact) mass is 1460 g/mol. The van der Waals surface area contributed by atoms with E-state index in [4.69, 9.17) is 34.3 Å². The predicted molar refractivity (Wildman–Crippen MR) is 321 cm³/mol. The van der Waals surface area contributed by atoms with E-state index in [0.29, 0.717) is 96.2 Å². The van der Waals surface area contributed by atoms with Crippen LogP contribution in [0.5, 0.6) is 0 Å². The van der Waals surface area contributed by atoms with Gasteiger partial charge in [0.05, 0.1) is 19.6 Å². The minimum atomic E-state index is -1.49. The van der Waals surface area contributed by atoms with Crippen LogP contribution in [-0.2, 0) is 70.4 Å². The van der Waals surface area contributed by atoms with E-state index in [9.17, 15) is 73.8 Å². The average Bonchev–Trinajstić information content (AvgIpc) is 1.47. The molecular formula is C58H89LuN13O20. The summed E-state index contributed by atoms with van der Waals surface area (Å²) in [5, 5.41) is 73.4. The molecule has 33 nitrogen and oxygen atoms in total. The van der Waals surface area contributed by atoms with Gasteiger partial charge in [0.15, 0.2) is 0 Å². The summed E-state index contributed by atoms with van der Waals surface area (Å²) in [5.41, 5.74) is 1.85. The number of urea groups is 1. The Balaban J connectivity index is 0.00000580. The number of hydrogen-bond donors (Lipinski definition) is 10. The second kappa shape index (κ2) is 47.5. The molecule has 1 aromatic carbocycles. The number of amides is 3. The first-order valence-electron chi connectivity index (χ1n) is 30.1. The van der Waals surface area contributed by atoms with Crippen LogP contribution in [0.4, 0.5) is 16.7 Å². The molecule has 1 aromatic heterocycles. The molecule has 10 N–H and O–H groups in total. The number of carboxylic acids is 7. The van der Waals surface area contributed by atoms with E-state index in [-0.39, 0.29) is 119 Å². The molecule has 1 unspecified atom stereocenters. The number of carbonyl (C=O) groups is 9. The summed E-state index contributed by atoms with van der Waals surface area (Å²) in [6.07, 6.45) is 9.89. The van der Waals surface area contributed by atoms with Crippen LogP contribution >= 0.6 is 0 Å². The van der Waals surface area contributed by atoms with Crippen molar-refractivity contribution in [3.63, 3.8) is 0 Å². The van der Waals surface area contributed by atoms with Crippen molar-refractivity contribution in [2.75, 3.05) is 135 Å². The maximum Gasteiger partial charge on any atom is 0.373 e. The number of rotatable bonds is 37. The molecule has 3 heterocycles. The van der Waals surface area contributed by atoms with Crippen LogP contribution in [0, 0.1) is 36.9 Å². The van der Waals surface area contributed by atoms with Gasteiger partial charge < -0.3 is 66.4 Å². The molecule has 3 atom stereocenters. The van der Waals surface area contributed by atoms with Crippen molar-refractivity contribution in [1.29, 1.82) is 0 Å². The summed E-state index contributed by atoms with van der Waals surface area (Å²) in [6.45, 7) is 5.94. The number of carbonyl (C=O) groups excluding carboxylic acids is 6. The van der Waals surface area contributed by atoms with Crippen LogP contribution in [0.3, 0.4) is 0 Å². The second-order valence-electron chi connectivity index (χ2n) is 22.2. The Bertz CT molecular complexity index is 2670. The molecular weight excluding hydrogens is 1370 g/mol. The fraction of sp³-hybridized carbons (Fsp3) is 0.655. The number of aliphatic carboxylic acids is 7. The van der Waals surface area contributed by atoms with Crippen LogP contribution < -0.4 is 25.8 Å². The first-order valence-corrected chi connectivity index (χ1v) is 30.1. The summed E-state index contributed by atoms with van der Waals surface area (Å²) < 4.78 is 0. The molecule has 2 aliphatic heterocycles. The number of nitrogens with one attached hydrogen (secondary N) is 3. The first kappa shape index (κ1) is 82.7. The molecule has 2 aliphatic rings. The first-order chi connectivity index (χ1) is 43.4. The quantitative estimate of drug-likeness (QED) is 0.0392. The maximum atomic E-state index is 12.4. The van der Waals surface area contributed by atoms with Gasteiger partial charge in [0.2, 0.25) is 17.8 Å². The van der Waals surface area contributed by atoms with Crippen LogP contribution in [0.15, 0.2) is 24.3 Å². The third-order valence-corrected chi connectivity index (χ3v) is 14.9. The Labute approximate surface area is 562 Å². The molecule has 2 saturated heterocycles. The Morgan fingerprint density at radius 3 is 1.60 bits per heavy atom. The van der Waals surface area contributed by atoms with Crippen molar-refractivity contribution >= 4 is 77.9 Å². The predicted octanol–water partition coefficient (Wildman–Crippen LogP) is -0.178. The summed E-state index contributed by atoms with van der Waals surface area (Å²) in [5.74, 6) is -6.91. The Morgan fingerprint density at radius 1 is 0.565 bits per heavy atom. The van der Waals surface area contributed by atoms with Crippen LogP contribution in [0.1, 0.15) is 107 Å². The second-order valence-corrected chi connectivity index (χ2v) is 22.2. The number of aromatic nitrogens is 3. The van der Waals surface area contributed by atoms with Crippen molar-refractivity contribution in [3.05, 3.63) is 41.2 Å². The molecule has 0 spiro atoms. The van der Waals surface area contributed by atoms with Crippen LogP contribution in [0.2, 0.25) is 0 Å². The number of piperazine rings is 1. The number of hydrogen-bond acceptors (Lipinski definition) is 23. The van der Waals surface area contributed by atoms with Gasteiger partial charge in [0.1, 0.15) is 24.5 Å². The number of benzene rings is 1. The summed E-state index contributed by atoms with van der Waals surface area (Å²) in [7, 11) is 3.55. The van der Waals surface area contributed by atoms with Crippen molar-refractivity contribution in [2.24, 2.45) is 0 Å². The minimum absolute atomic E-state index is 0. The zero-order valence-corrected chi connectivity index (χ0v) is 53.7. The molecule has 34 heteroatoms. The van der Waals surface area contributed by atoms with Gasteiger partial charge >= 0.3 is 60.1 Å². The molecule has 4 rings (SSSR count). The minimum Gasteiger partial charge on any atom is -0.481 e. The third kappa shape index (κ3) is 37.2. The fourth-order valence-corrected chi connectivity index (χ4v) is 10.2. The zero-order valence-electron chi connectivity index (χ0n) is 52.0. The Morgan fingerprint density at radius 2 is 1.07 bits per heavy atom. The average molecular weight is 1460 g/mol. The number of carboxylic acid groups (broad SMARTS) is 7. The number of anilines is 2. The normalized spacial score (nSPS) is 15.8. The number of likely N-dealkylation sites (N-methyl/N-ethyl adjacent to an activating group) is 2. The fourth-order valence-electron chi connectivity index (χ4n) is 10.2. The molecule has 0 saturated carbocycles. The largest absolute Gasteiger partial charge is 0.481 e. The SMILES string of the molecule is CN1CCN(CC(=O)O)CCN(CC(=O)O)CCN(CC(=O)O)C(Cc2ccc(Cc3nc(N(C)CC(=O)O)nc(N4CCN(CCCCCCCCCCC(=O)NCCCC[C@H](NC(=O)N[C@@H](CCC(=O)O)C(=O)O)C(=O)O)CC4)n3)cc2)C1.O=C=O.O=C=O.[Lu]. The van der Waals surface area contributed by atoms with E-state index in [0.717, 1.165) is 82.1 Å². The van der Waals surface area contributed by atoms with E-state index < -0.39 is 66.3 Å². The number of unbranched alkanes of at least 4 members (excludes halogenated alkanes) is 8. The van der Waals surface area contributed by atoms with Gasteiger partial charge in [0.25, 0.3) is 0 Å². The molecule has 2 fully saturated rings. The van der Waals surface area contributed by atoms with Crippen molar-refractivity contribution in [2.45, 2.75) is 121 Å². The van der Waals surface area contributed by atoms with Gasteiger partial charge in [-0.25, -0.2) is 14.4 Å². The van der Waals surface area contributed by atoms with Crippen LogP contribution in [-0.4, -0.2) is 285 Å². The maximum absolute atomic E-state index is 12.4. The third-order valence-electron chi connectivity index (χ3n) is 14.9. The van der Waals surface area contributed by atoms with E-state index in [2.05, 4.69) is 35.6 Å². The number of nitrogens with zero attached hydrogens (tertiary/aromatic N) is 10. The standard InChI is InChI=1S/C56H89N13O16.2CO2.Lu/c1-63-23-24-66(37-49(75)76)25-26-67(38-50(77)78)29-32-69(39-51(79)80)42(35-63)33-40-15-17-41(18-16-40)34-45-60-54(64(2)36-48(73)74)62-55(61-45)68-30-27-65(28-31-68)22-12-8-6-4-3-5-7-9-14-46(70)57-21-11-10-13-43(52(81)82)58-56(85)59-44(53(83)84)19-20-47(71)72;2*2-1-3;/h15-18,42-44H,3-14,19-39H2,1-2H3,(H,57,70)(H,71,72)(H,73,74)(H,75,76)(H,77,78)(H,79,80)(H,81,82)(H,83,84)(H2,58,59,85);;;/t42?,43-,44-;;;/m0.../s1. The summed E-state index contributed by atoms with van der Waals surface area (Å²) in [4.78, 5) is 166. The zero-order chi connectivity index (χ0) is 67.7. The summed E-state index contributed by atoms with van der Waals surface area (Å²) in [6, 6.07) is 3.80. The van der Waals surface area contributed by atoms with Crippen LogP contribution in [0.25, 0.3) is 0 Å². The van der Waals surface area contributed by atoms with Crippen molar-refractivity contribution < 1.29 is 135 Å². The molecule has 2 aromatic rings. The molecule has 0 aliphatic carbocycles. The smallest absolute Gasteiger partial charge is 0.373 e. The van der Waals surface area contributed by atoms with Gasteiger partial charge in [-0.05, 0) is 69.7 Å². The molecule has 0 bridgehead atoms. The van der Waals surface area contributed by atoms with E-state index >= 15 is 0 Å². The Kier molecular flexibility index (Phi) is 42.7. The van der Waals surface area contributed by atoms with Gasteiger partial charge in [-0.3, -0.25) is 48.4 Å². The van der Waals surface area contributed by atoms with Crippen molar-refractivity contribution in [3.8, 4) is 0 Å². The van der Waals surface area contributed by atoms with Gasteiger partial charge in [-0.1, -0.05) is 62.8 Å². The van der Waals surface area contributed by atoms with Crippen molar-refractivity contribution in [1.82, 2.24) is 55.4 Å². The molecule has 3 amide bonds. The van der Waals surface area contributed by atoms with Gasteiger partial charge in [0, 0.05) is 148 Å².